The van der Waals surface area contributed by atoms with Crippen LogP contribution in [0.3, 0.4) is 0 Å². The maximum absolute atomic E-state index is 12.1. The number of amides is 1. The molecular weight excluding hydrogens is 334 g/mol. The number of ether oxygens (including phenoxy) is 1. The molecule has 9 heteroatoms. The second kappa shape index (κ2) is 5.60. The zero-order chi connectivity index (χ0) is 17.8. The number of hydrogen-bond acceptors (Lipinski definition) is 7. The second-order valence-electron chi connectivity index (χ2n) is 8.14. The van der Waals surface area contributed by atoms with Crippen molar-refractivity contribution in [2.75, 3.05) is 18.5 Å². The number of nitrogens with one attached hydrogen (secondary N) is 2. The lowest BCUT2D eigenvalue weighted by atomic mass is 9.71. The minimum atomic E-state index is -0.215. The number of nitrogens with zero attached hydrogens (tertiary/aromatic N) is 5. The van der Waals surface area contributed by atoms with E-state index in [-0.39, 0.29) is 23.0 Å². The van der Waals surface area contributed by atoms with Crippen LogP contribution in [0.1, 0.15) is 39.0 Å². The molecule has 2 aromatic rings. The highest BCUT2D eigenvalue weighted by Crippen LogP contribution is 2.45. The van der Waals surface area contributed by atoms with Gasteiger partial charge in [-0.2, -0.15) is 4.52 Å². The average molecular weight is 357 g/mol. The van der Waals surface area contributed by atoms with Crippen LogP contribution >= 0.6 is 0 Å². The topological polar surface area (TPSA) is 106 Å². The molecule has 2 aromatic heterocycles. The minimum Gasteiger partial charge on any atom is -0.371 e. The Hall–Kier alpha value is -2.29. The van der Waals surface area contributed by atoms with E-state index >= 15 is 0 Å². The molecule has 0 unspecified atom stereocenters. The Bertz CT molecular complexity index is 826. The molecule has 0 radical (unpaired) electrons. The first-order chi connectivity index (χ1) is 12.6. The van der Waals surface area contributed by atoms with Crippen LogP contribution in [0.4, 0.5) is 5.82 Å². The van der Waals surface area contributed by atoms with E-state index < -0.39 is 0 Å². The number of carbonyl (C=O) groups excluding carboxylic acids is 1. The summed E-state index contributed by atoms with van der Waals surface area (Å²) >= 11 is 0. The summed E-state index contributed by atoms with van der Waals surface area (Å²) in [5, 5.41) is 18.3. The van der Waals surface area contributed by atoms with Gasteiger partial charge in [-0.15, -0.1) is 5.10 Å². The molecule has 2 bridgehead atoms. The van der Waals surface area contributed by atoms with Crippen molar-refractivity contribution in [2.45, 2.75) is 50.2 Å². The molecule has 4 fully saturated rings. The van der Waals surface area contributed by atoms with Gasteiger partial charge in [0, 0.05) is 18.7 Å². The van der Waals surface area contributed by atoms with Crippen molar-refractivity contribution in [3.63, 3.8) is 0 Å². The van der Waals surface area contributed by atoms with E-state index in [1.807, 2.05) is 0 Å². The SMILES string of the molecule is C[C@@H]1C[C@H]1C(=O)NCC12CCC(Nc3nccn4nnnc34)(CC1)CO2. The quantitative estimate of drug-likeness (QED) is 0.814. The van der Waals surface area contributed by atoms with Gasteiger partial charge in [0.1, 0.15) is 0 Å². The fourth-order valence-corrected chi connectivity index (χ4v) is 4.24. The maximum atomic E-state index is 12.1. The fourth-order valence-electron chi connectivity index (χ4n) is 4.24. The van der Waals surface area contributed by atoms with Crippen molar-refractivity contribution in [3.05, 3.63) is 12.4 Å². The summed E-state index contributed by atoms with van der Waals surface area (Å²) in [6.07, 6.45) is 8.24. The van der Waals surface area contributed by atoms with Crippen molar-refractivity contribution < 1.29 is 9.53 Å². The highest BCUT2D eigenvalue weighted by atomic mass is 16.5. The number of rotatable bonds is 5. The van der Waals surface area contributed by atoms with Crippen LogP contribution in [0, 0.1) is 11.8 Å². The number of anilines is 1. The molecular formula is C17H23N7O2. The largest absolute Gasteiger partial charge is 0.371 e. The molecule has 2 aliphatic heterocycles. The van der Waals surface area contributed by atoms with E-state index in [1.54, 1.807) is 16.9 Å². The monoisotopic (exact) mass is 357 g/mol. The summed E-state index contributed by atoms with van der Waals surface area (Å²) in [5.74, 6) is 1.62. The summed E-state index contributed by atoms with van der Waals surface area (Å²) in [6.45, 7) is 3.35. The summed E-state index contributed by atoms with van der Waals surface area (Å²) in [7, 11) is 0. The molecule has 2 N–H and O–H groups in total. The van der Waals surface area contributed by atoms with Crippen LogP contribution in [0.2, 0.25) is 0 Å². The van der Waals surface area contributed by atoms with Crippen LogP contribution in [-0.4, -0.2) is 55.2 Å². The molecule has 6 rings (SSSR count). The predicted molar refractivity (Wildman–Crippen MR) is 92.4 cm³/mol. The van der Waals surface area contributed by atoms with Gasteiger partial charge < -0.3 is 15.4 Å². The molecule has 0 spiro atoms. The van der Waals surface area contributed by atoms with Gasteiger partial charge >= 0.3 is 0 Å². The summed E-state index contributed by atoms with van der Waals surface area (Å²) in [6, 6.07) is 0. The first-order valence-electron chi connectivity index (χ1n) is 9.31. The Labute approximate surface area is 150 Å². The van der Waals surface area contributed by atoms with Gasteiger partial charge in [-0.1, -0.05) is 6.92 Å². The van der Waals surface area contributed by atoms with E-state index in [2.05, 4.69) is 38.1 Å². The standard InChI is InChI=1S/C17H23N7O2/c1-11-8-12(11)15(25)19-9-17-4-2-16(3-5-17,10-26-17)20-13-14-21-22-23-24(14)7-6-18-13/h6-7,11-12H,2-5,8-10H2,1H3,(H,18,20)(H,19,25)/t11-,12-,16?,17?/m1/s1. The van der Waals surface area contributed by atoms with Gasteiger partial charge in [0.2, 0.25) is 11.6 Å². The van der Waals surface area contributed by atoms with Crippen molar-refractivity contribution in [1.29, 1.82) is 0 Å². The molecule has 4 aliphatic rings. The molecule has 2 atom stereocenters. The van der Waals surface area contributed by atoms with E-state index in [0.29, 0.717) is 30.5 Å². The Kier molecular flexibility index (Phi) is 3.43. The molecule has 26 heavy (non-hydrogen) atoms. The van der Waals surface area contributed by atoms with Crippen molar-refractivity contribution in [1.82, 2.24) is 30.3 Å². The van der Waals surface area contributed by atoms with E-state index in [9.17, 15) is 4.79 Å². The number of hydrogen-bond donors (Lipinski definition) is 2. The summed E-state index contributed by atoms with van der Waals surface area (Å²) in [5.41, 5.74) is 0.264. The number of aromatic nitrogens is 5. The molecule has 4 heterocycles. The van der Waals surface area contributed by atoms with Crippen molar-refractivity contribution in [2.24, 2.45) is 11.8 Å². The van der Waals surface area contributed by atoms with E-state index in [4.69, 9.17) is 4.74 Å². The number of carbonyl (C=O) groups is 1. The predicted octanol–water partition coefficient (Wildman–Crippen LogP) is 0.785. The molecule has 0 aromatic carbocycles. The first kappa shape index (κ1) is 15.9. The maximum Gasteiger partial charge on any atom is 0.223 e. The minimum absolute atomic E-state index is 0.141. The van der Waals surface area contributed by atoms with E-state index in [1.165, 1.54) is 0 Å². The third-order valence-corrected chi connectivity index (χ3v) is 6.30. The Morgan fingerprint density at radius 2 is 2.19 bits per heavy atom. The Morgan fingerprint density at radius 1 is 1.38 bits per heavy atom. The van der Waals surface area contributed by atoms with Crippen LogP contribution in [-0.2, 0) is 9.53 Å². The van der Waals surface area contributed by atoms with Gasteiger partial charge in [-0.3, -0.25) is 4.79 Å². The smallest absolute Gasteiger partial charge is 0.223 e. The molecule has 2 saturated carbocycles. The molecule has 9 nitrogen and oxygen atoms in total. The zero-order valence-electron chi connectivity index (χ0n) is 14.8. The van der Waals surface area contributed by atoms with Gasteiger partial charge in [0.05, 0.1) is 23.9 Å². The lowest BCUT2D eigenvalue weighted by Gasteiger charge is -2.53. The average Bonchev–Trinajstić information content (AvgIpc) is 3.20. The Balaban J connectivity index is 1.24. The van der Waals surface area contributed by atoms with Crippen molar-refractivity contribution >= 4 is 17.4 Å². The van der Waals surface area contributed by atoms with Crippen molar-refractivity contribution in [3.8, 4) is 0 Å². The Morgan fingerprint density at radius 3 is 2.88 bits per heavy atom. The highest BCUT2D eigenvalue weighted by molar-refractivity contribution is 5.81. The lowest BCUT2D eigenvalue weighted by Crippen LogP contribution is -2.62. The molecule has 2 saturated heterocycles. The highest BCUT2D eigenvalue weighted by Gasteiger charge is 2.50. The van der Waals surface area contributed by atoms with Crippen LogP contribution in [0.15, 0.2) is 12.4 Å². The normalized spacial score (nSPS) is 35.4. The van der Waals surface area contributed by atoms with Gasteiger partial charge in [0.25, 0.3) is 0 Å². The van der Waals surface area contributed by atoms with Gasteiger partial charge in [0.15, 0.2) is 5.82 Å². The van der Waals surface area contributed by atoms with Crippen LogP contribution in [0.5, 0.6) is 0 Å². The van der Waals surface area contributed by atoms with Crippen LogP contribution < -0.4 is 10.6 Å². The van der Waals surface area contributed by atoms with E-state index in [0.717, 1.165) is 32.1 Å². The van der Waals surface area contributed by atoms with Crippen LogP contribution in [0.25, 0.3) is 5.65 Å². The molecule has 2 aliphatic carbocycles. The molecule has 1 amide bonds. The molecule has 138 valence electrons. The summed E-state index contributed by atoms with van der Waals surface area (Å²) < 4.78 is 7.86. The van der Waals surface area contributed by atoms with Gasteiger partial charge in [-0.25, -0.2) is 4.98 Å². The summed E-state index contributed by atoms with van der Waals surface area (Å²) in [4.78, 5) is 16.5. The first-order valence-corrected chi connectivity index (χ1v) is 9.31. The lowest BCUT2D eigenvalue weighted by molar-refractivity contribution is -0.149. The fraction of sp³-hybridized carbons (Fsp3) is 0.706. The third-order valence-electron chi connectivity index (χ3n) is 6.30. The third kappa shape index (κ3) is 2.61. The number of fused-ring (bicyclic) bond motifs is 4. The zero-order valence-corrected chi connectivity index (χ0v) is 14.8. The number of tetrazole rings is 1. The van der Waals surface area contributed by atoms with Gasteiger partial charge in [-0.05, 0) is 48.4 Å². The second-order valence-corrected chi connectivity index (χ2v) is 8.14.